The molecule has 1 aliphatic heterocycles. The van der Waals surface area contributed by atoms with Crippen LogP contribution in [-0.2, 0) is 4.79 Å². The minimum Gasteiger partial charge on any atom is -0.481 e. The van der Waals surface area contributed by atoms with Crippen molar-refractivity contribution in [3.05, 3.63) is 64.7 Å². The van der Waals surface area contributed by atoms with Crippen molar-refractivity contribution in [1.82, 2.24) is 10.2 Å². The Morgan fingerprint density at radius 2 is 1.82 bits per heavy atom. The van der Waals surface area contributed by atoms with Gasteiger partial charge >= 0.3 is 0 Å². The Labute approximate surface area is 170 Å². The Morgan fingerprint density at radius 1 is 1.14 bits per heavy atom. The second-order valence-electron chi connectivity index (χ2n) is 7.11. The molecule has 1 N–H and O–H groups in total. The molecule has 148 valence electrons. The third-order valence-electron chi connectivity index (χ3n) is 4.97. The molecule has 0 radical (unpaired) electrons. The fraction of sp³-hybridized carbons (Fsp3) is 0.364. The molecule has 1 atom stereocenters. The zero-order valence-electron chi connectivity index (χ0n) is 16.2. The lowest BCUT2D eigenvalue weighted by Gasteiger charge is -2.34. The van der Waals surface area contributed by atoms with Gasteiger partial charge in [0.25, 0.3) is 11.8 Å². The number of benzene rings is 2. The van der Waals surface area contributed by atoms with Crippen LogP contribution in [0, 0.1) is 6.92 Å². The van der Waals surface area contributed by atoms with Crippen LogP contribution in [0.1, 0.15) is 35.7 Å². The van der Waals surface area contributed by atoms with Crippen molar-refractivity contribution >= 4 is 23.4 Å². The zero-order valence-corrected chi connectivity index (χ0v) is 16.9. The van der Waals surface area contributed by atoms with Gasteiger partial charge in [-0.1, -0.05) is 29.8 Å². The molecule has 28 heavy (non-hydrogen) atoms. The standard InChI is InChI=1S/C22H25ClN2O3/c1-15-14-18(23)8-9-20(15)28-16(2)22(27)25-12-10-19(11-13-25)24-21(26)17-6-4-3-5-7-17/h3-9,14,16,19H,10-13H2,1-2H3,(H,24,26). The zero-order chi connectivity index (χ0) is 20.1. The molecule has 2 aromatic rings. The summed E-state index contributed by atoms with van der Waals surface area (Å²) in [6, 6.07) is 14.6. The van der Waals surface area contributed by atoms with E-state index in [9.17, 15) is 9.59 Å². The van der Waals surface area contributed by atoms with E-state index in [1.807, 2.05) is 31.2 Å². The van der Waals surface area contributed by atoms with Crippen LogP contribution in [-0.4, -0.2) is 41.9 Å². The molecular formula is C22H25ClN2O3. The molecule has 5 nitrogen and oxygen atoms in total. The summed E-state index contributed by atoms with van der Waals surface area (Å²) in [7, 11) is 0. The predicted molar refractivity (Wildman–Crippen MR) is 110 cm³/mol. The number of likely N-dealkylation sites (tertiary alicyclic amines) is 1. The molecule has 1 aliphatic rings. The van der Waals surface area contributed by atoms with Gasteiger partial charge in [0.15, 0.2) is 6.10 Å². The van der Waals surface area contributed by atoms with Crippen LogP contribution >= 0.6 is 11.6 Å². The van der Waals surface area contributed by atoms with E-state index in [0.29, 0.717) is 29.4 Å². The number of ether oxygens (including phenoxy) is 1. The van der Waals surface area contributed by atoms with Gasteiger partial charge in [-0.2, -0.15) is 0 Å². The molecule has 0 spiro atoms. The van der Waals surface area contributed by atoms with Gasteiger partial charge in [-0.15, -0.1) is 0 Å². The molecule has 1 fully saturated rings. The van der Waals surface area contributed by atoms with Crippen molar-refractivity contribution in [2.24, 2.45) is 0 Å². The van der Waals surface area contributed by atoms with Crippen LogP contribution in [0.25, 0.3) is 0 Å². The largest absolute Gasteiger partial charge is 0.481 e. The number of hydrogen-bond acceptors (Lipinski definition) is 3. The molecule has 0 aliphatic carbocycles. The van der Waals surface area contributed by atoms with Crippen LogP contribution in [0.3, 0.4) is 0 Å². The van der Waals surface area contributed by atoms with Crippen molar-refractivity contribution in [1.29, 1.82) is 0 Å². The second-order valence-corrected chi connectivity index (χ2v) is 7.55. The minimum atomic E-state index is -0.574. The highest BCUT2D eigenvalue weighted by Gasteiger charge is 2.28. The highest BCUT2D eigenvalue weighted by molar-refractivity contribution is 6.30. The molecule has 1 heterocycles. The molecule has 2 aromatic carbocycles. The van der Waals surface area contributed by atoms with Gasteiger partial charge in [0.2, 0.25) is 0 Å². The van der Waals surface area contributed by atoms with E-state index in [0.717, 1.165) is 18.4 Å². The molecule has 6 heteroatoms. The summed E-state index contributed by atoms with van der Waals surface area (Å²) in [6.45, 7) is 4.87. The molecule has 0 aromatic heterocycles. The number of nitrogens with one attached hydrogen (secondary N) is 1. The fourth-order valence-corrected chi connectivity index (χ4v) is 3.57. The van der Waals surface area contributed by atoms with Gasteiger partial charge in [0, 0.05) is 29.7 Å². The highest BCUT2D eigenvalue weighted by atomic mass is 35.5. The van der Waals surface area contributed by atoms with E-state index >= 15 is 0 Å². The van der Waals surface area contributed by atoms with Gasteiger partial charge in [-0.3, -0.25) is 9.59 Å². The Bertz CT molecular complexity index is 833. The number of hydrogen-bond donors (Lipinski definition) is 1. The topological polar surface area (TPSA) is 58.6 Å². The quantitative estimate of drug-likeness (QED) is 0.829. The van der Waals surface area contributed by atoms with Crippen molar-refractivity contribution in [3.8, 4) is 5.75 Å². The Balaban J connectivity index is 1.49. The third-order valence-corrected chi connectivity index (χ3v) is 5.20. The first-order chi connectivity index (χ1) is 13.4. The molecular weight excluding hydrogens is 376 g/mol. The van der Waals surface area contributed by atoms with Crippen molar-refractivity contribution in [2.75, 3.05) is 13.1 Å². The highest BCUT2D eigenvalue weighted by Crippen LogP contribution is 2.23. The predicted octanol–water partition coefficient (Wildman–Crippen LogP) is 3.84. The Kier molecular flexibility index (Phi) is 6.57. The first-order valence-electron chi connectivity index (χ1n) is 9.51. The smallest absolute Gasteiger partial charge is 0.263 e. The maximum Gasteiger partial charge on any atom is 0.263 e. The van der Waals surface area contributed by atoms with Crippen molar-refractivity contribution < 1.29 is 14.3 Å². The van der Waals surface area contributed by atoms with Crippen LogP contribution in [0.15, 0.2) is 48.5 Å². The first-order valence-corrected chi connectivity index (χ1v) is 9.89. The summed E-state index contributed by atoms with van der Waals surface area (Å²) in [5, 5.41) is 3.70. The van der Waals surface area contributed by atoms with E-state index in [-0.39, 0.29) is 17.9 Å². The van der Waals surface area contributed by atoms with E-state index < -0.39 is 6.10 Å². The lowest BCUT2D eigenvalue weighted by molar-refractivity contribution is -0.139. The molecule has 2 amide bonds. The second kappa shape index (κ2) is 9.11. The number of carbonyl (C=O) groups is 2. The summed E-state index contributed by atoms with van der Waals surface area (Å²) in [4.78, 5) is 26.8. The van der Waals surface area contributed by atoms with Crippen molar-refractivity contribution in [2.45, 2.75) is 38.8 Å². The summed E-state index contributed by atoms with van der Waals surface area (Å²) in [5.41, 5.74) is 1.55. The number of carbonyl (C=O) groups excluding carboxylic acids is 2. The number of aryl methyl sites for hydroxylation is 1. The Hall–Kier alpha value is -2.53. The maximum atomic E-state index is 12.7. The summed E-state index contributed by atoms with van der Waals surface area (Å²) < 4.78 is 5.84. The normalized spacial score (nSPS) is 15.8. The van der Waals surface area contributed by atoms with Gasteiger partial charge in [0.1, 0.15) is 5.75 Å². The average Bonchev–Trinajstić information content (AvgIpc) is 2.70. The van der Waals surface area contributed by atoms with E-state index in [1.54, 1.807) is 36.1 Å². The number of piperidine rings is 1. The van der Waals surface area contributed by atoms with Crippen LogP contribution in [0.5, 0.6) is 5.75 Å². The van der Waals surface area contributed by atoms with Gasteiger partial charge in [0.05, 0.1) is 0 Å². The number of nitrogens with zero attached hydrogens (tertiary/aromatic N) is 1. The molecule has 0 saturated carbocycles. The Morgan fingerprint density at radius 3 is 2.46 bits per heavy atom. The monoisotopic (exact) mass is 400 g/mol. The van der Waals surface area contributed by atoms with Gasteiger partial charge in [-0.25, -0.2) is 0 Å². The number of amides is 2. The summed E-state index contributed by atoms with van der Waals surface area (Å²) in [5.74, 6) is 0.553. The number of rotatable bonds is 5. The summed E-state index contributed by atoms with van der Waals surface area (Å²) in [6.07, 6.45) is 0.893. The first kappa shape index (κ1) is 20.2. The molecule has 1 unspecified atom stereocenters. The molecule has 0 bridgehead atoms. The van der Waals surface area contributed by atoms with Crippen LogP contribution < -0.4 is 10.1 Å². The van der Waals surface area contributed by atoms with E-state index in [1.165, 1.54) is 0 Å². The van der Waals surface area contributed by atoms with E-state index in [2.05, 4.69) is 5.32 Å². The fourth-order valence-electron chi connectivity index (χ4n) is 3.35. The maximum absolute atomic E-state index is 12.7. The molecule has 3 rings (SSSR count). The number of halogens is 1. The lowest BCUT2D eigenvalue weighted by atomic mass is 10.0. The van der Waals surface area contributed by atoms with Crippen LogP contribution in [0.4, 0.5) is 0 Å². The van der Waals surface area contributed by atoms with Crippen molar-refractivity contribution in [3.63, 3.8) is 0 Å². The van der Waals surface area contributed by atoms with Gasteiger partial charge in [-0.05, 0) is 62.6 Å². The minimum absolute atomic E-state index is 0.0396. The third kappa shape index (κ3) is 5.04. The average molecular weight is 401 g/mol. The summed E-state index contributed by atoms with van der Waals surface area (Å²) >= 11 is 5.97. The molecule has 1 saturated heterocycles. The lowest BCUT2D eigenvalue weighted by Crippen LogP contribution is -2.49. The van der Waals surface area contributed by atoms with E-state index in [4.69, 9.17) is 16.3 Å². The van der Waals surface area contributed by atoms with Crippen LogP contribution in [0.2, 0.25) is 5.02 Å². The SMILES string of the molecule is Cc1cc(Cl)ccc1OC(C)C(=O)N1CCC(NC(=O)c2ccccc2)CC1. The van der Waals surface area contributed by atoms with Gasteiger partial charge < -0.3 is 15.0 Å².